The van der Waals surface area contributed by atoms with E-state index in [9.17, 15) is 0 Å². The molecule has 1 aromatic heterocycles. The number of allylic oxidation sites excluding steroid dienone is 6. The number of aliphatic imine (C=N–C) groups is 1. The summed E-state index contributed by atoms with van der Waals surface area (Å²) in [7, 11) is 0. The Morgan fingerprint density at radius 2 is 1.51 bits per heavy atom. The second-order valence-electron chi connectivity index (χ2n) is 15.8. The molecule has 2 unspecified atom stereocenters. The van der Waals surface area contributed by atoms with Crippen LogP contribution in [0.5, 0.6) is 0 Å². The summed E-state index contributed by atoms with van der Waals surface area (Å²) in [4.78, 5) is 5.57. The molecule has 0 saturated heterocycles. The molecule has 4 nitrogen and oxygen atoms in total. The average molecular weight is 688 g/mol. The van der Waals surface area contributed by atoms with Gasteiger partial charge in [-0.05, 0) is 105 Å². The first-order chi connectivity index (χ1) is 26.0. The maximum absolute atomic E-state index is 6.63. The zero-order valence-electron chi connectivity index (χ0n) is 30.1. The zero-order valence-corrected chi connectivity index (χ0v) is 30.1. The number of benzene rings is 5. The molecule has 1 spiro atoms. The summed E-state index contributed by atoms with van der Waals surface area (Å²) in [6.45, 7) is 5.20. The summed E-state index contributed by atoms with van der Waals surface area (Å²) in [6, 6.07) is 40.4. The highest BCUT2D eigenvalue weighted by molar-refractivity contribution is 6.20. The van der Waals surface area contributed by atoms with E-state index in [1.54, 1.807) is 0 Å². The Balaban J connectivity index is 1.16. The molecule has 0 saturated carbocycles. The fraction of sp³-hybridized carbons (Fsp3) is 0.204. The van der Waals surface area contributed by atoms with Gasteiger partial charge in [0, 0.05) is 22.9 Å². The van der Waals surface area contributed by atoms with Gasteiger partial charge >= 0.3 is 0 Å². The van der Waals surface area contributed by atoms with Gasteiger partial charge in [0.2, 0.25) is 0 Å². The van der Waals surface area contributed by atoms with Gasteiger partial charge in [-0.2, -0.15) is 0 Å². The molecule has 2 heterocycles. The molecular formula is C49H41N3O. The summed E-state index contributed by atoms with van der Waals surface area (Å²) >= 11 is 0. The van der Waals surface area contributed by atoms with E-state index in [-0.39, 0.29) is 11.6 Å². The SMILES string of the molecule is CC1(C)c2ccccc2C2(c3ccc(C4N=C(C5=C6C=CCCC6CC=C5)c5oc6ccccc6c5N4)cc3-c3c(CN)cccc32)c2ccccc21. The minimum atomic E-state index is -0.471. The first-order valence-electron chi connectivity index (χ1n) is 19.1. The normalized spacial score (nSPS) is 20.9. The monoisotopic (exact) mass is 687 g/mol. The van der Waals surface area contributed by atoms with Gasteiger partial charge in [-0.25, -0.2) is 0 Å². The van der Waals surface area contributed by atoms with Gasteiger partial charge in [-0.3, -0.25) is 4.99 Å². The number of nitrogens with zero attached hydrogens (tertiary/aromatic N) is 1. The number of nitrogens with two attached hydrogens (primary N) is 1. The molecule has 1 aliphatic heterocycles. The Kier molecular flexibility index (Phi) is 6.49. The number of para-hydroxylation sites is 1. The molecule has 53 heavy (non-hydrogen) atoms. The van der Waals surface area contributed by atoms with Crippen molar-refractivity contribution in [3.63, 3.8) is 0 Å². The second kappa shape index (κ2) is 11.1. The highest BCUT2D eigenvalue weighted by Crippen LogP contribution is 2.63. The van der Waals surface area contributed by atoms with Crippen molar-refractivity contribution in [1.82, 2.24) is 0 Å². The van der Waals surface area contributed by atoms with Gasteiger partial charge in [0.1, 0.15) is 17.5 Å². The molecule has 0 fully saturated rings. The third-order valence-corrected chi connectivity index (χ3v) is 12.9. The van der Waals surface area contributed by atoms with Crippen LogP contribution in [0.1, 0.15) is 89.5 Å². The summed E-state index contributed by atoms with van der Waals surface area (Å²) in [6.07, 6.45) is 12.3. The molecule has 258 valence electrons. The predicted octanol–water partition coefficient (Wildman–Crippen LogP) is 11.0. The van der Waals surface area contributed by atoms with Crippen LogP contribution in [0, 0.1) is 5.92 Å². The number of furan rings is 1. The highest BCUT2D eigenvalue weighted by atomic mass is 16.3. The van der Waals surface area contributed by atoms with Crippen molar-refractivity contribution >= 4 is 22.4 Å². The smallest absolute Gasteiger partial charge is 0.177 e. The van der Waals surface area contributed by atoms with Crippen LogP contribution in [0.3, 0.4) is 0 Å². The van der Waals surface area contributed by atoms with E-state index in [0.717, 1.165) is 52.1 Å². The van der Waals surface area contributed by atoms with Gasteiger partial charge in [-0.15, -0.1) is 0 Å². The van der Waals surface area contributed by atoms with Gasteiger partial charge in [0.25, 0.3) is 0 Å². The predicted molar refractivity (Wildman–Crippen MR) is 216 cm³/mol. The van der Waals surface area contributed by atoms with E-state index in [0.29, 0.717) is 12.5 Å². The quantitative estimate of drug-likeness (QED) is 0.194. The molecule has 2 atom stereocenters. The number of hydrogen-bond donors (Lipinski definition) is 2. The van der Waals surface area contributed by atoms with E-state index in [2.05, 4.69) is 147 Å². The third kappa shape index (κ3) is 4.07. The molecule has 4 heteroatoms. The maximum atomic E-state index is 6.63. The van der Waals surface area contributed by atoms with Crippen molar-refractivity contribution in [2.75, 3.05) is 5.32 Å². The Bertz CT molecular complexity index is 2610. The van der Waals surface area contributed by atoms with Crippen molar-refractivity contribution < 1.29 is 4.42 Å². The Hall–Kier alpha value is -5.71. The fourth-order valence-corrected chi connectivity index (χ4v) is 10.5. The van der Waals surface area contributed by atoms with Gasteiger partial charge in [0.15, 0.2) is 5.76 Å². The Labute approximate surface area is 310 Å². The summed E-state index contributed by atoms with van der Waals surface area (Å²) in [5, 5.41) is 4.94. The molecule has 0 bridgehead atoms. The summed E-state index contributed by atoms with van der Waals surface area (Å²) < 4.78 is 6.63. The third-order valence-electron chi connectivity index (χ3n) is 12.9. The van der Waals surface area contributed by atoms with Crippen LogP contribution in [0.4, 0.5) is 5.69 Å². The van der Waals surface area contributed by atoms with Crippen LogP contribution >= 0.6 is 0 Å². The van der Waals surface area contributed by atoms with Crippen LogP contribution in [0.15, 0.2) is 154 Å². The van der Waals surface area contributed by atoms with Crippen LogP contribution in [-0.4, -0.2) is 5.71 Å². The molecule has 6 aromatic rings. The van der Waals surface area contributed by atoms with Crippen LogP contribution in [0.2, 0.25) is 0 Å². The lowest BCUT2D eigenvalue weighted by atomic mass is 9.55. The van der Waals surface area contributed by atoms with E-state index < -0.39 is 5.41 Å². The number of fused-ring (bicyclic) bond motifs is 13. The van der Waals surface area contributed by atoms with Crippen molar-refractivity contribution in [2.45, 2.75) is 56.7 Å². The molecule has 5 aliphatic rings. The molecule has 3 N–H and O–H groups in total. The maximum Gasteiger partial charge on any atom is 0.177 e. The topological polar surface area (TPSA) is 63.5 Å². The lowest BCUT2D eigenvalue weighted by Gasteiger charge is -2.46. The van der Waals surface area contributed by atoms with Crippen molar-refractivity contribution in [2.24, 2.45) is 16.6 Å². The minimum Gasteiger partial charge on any atom is -0.452 e. The zero-order chi connectivity index (χ0) is 35.5. The number of rotatable bonds is 3. The van der Waals surface area contributed by atoms with Crippen molar-refractivity contribution in [3.8, 4) is 11.1 Å². The molecule has 4 aliphatic carbocycles. The van der Waals surface area contributed by atoms with E-state index in [4.69, 9.17) is 15.1 Å². The molecule has 5 aromatic carbocycles. The summed E-state index contributed by atoms with van der Waals surface area (Å²) in [5.74, 6) is 1.33. The first-order valence-corrected chi connectivity index (χ1v) is 19.1. The fourth-order valence-electron chi connectivity index (χ4n) is 10.5. The number of anilines is 1. The standard InChI is InChI=1S/C49H41N3O/c1-48(2)37-19-6-8-21-39(37)49(40-22-9-7-20-38(40)48)36-26-25-30(27-35(36)43-31(28-50)15-12-23-41(43)49)47-51-44(33-18-11-14-29-13-3-4-16-32(29)33)46-45(52-47)34-17-5-10-24-42(34)53-46/h4-12,15-27,29,47,52H,3,13-14,28,50H2,1-2H3. The van der Waals surface area contributed by atoms with E-state index in [1.807, 2.05) is 6.07 Å². The van der Waals surface area contributed by atoms with Gasteiger partial charge < -0.3 is 15.5 Å². The molecule has 0 radical (unpaired) electrons. The van der Waals surface area contributed by atoms with Gasteiger partial charge in [0.05, 0.1) is 11.1 Å². The molecule has 11 rings (SSSR count). The van der Waals surface area contributed by atoms with E-state index in [1.165, 1.54) is 62.1 Å². The highest BCUT2D eigenvalue weighted by Gasteiger charge is 2.53. The molecule has 0 amide bonds. The van der Waals surface area contributed by atoms with Crippen molar-refractivity contribution in [1.29, 1.82) is 0 Å². The Morgan fingerprint density at radius 1 is 0.774 bits per heavy atom. The largest absolute Gasteiger partial charge is 0.452 e. The first kappa shape index (κ1) is 30.9. The lowest BCUT2D eigenvalue weighted by Crippen LogP contribution is -2.40. The molecular weight excluding hydrogens is 647 g/mol. The van der Waals surface area contributed by atoms with Crippen LogP contribution < -0.4 is 11.1 Å². The second-order valence-corrected chi connectivity index (χ2v) is 15.8. The lowest BCUT2D eigenvalue weighted by molar-refractivity contribution is 0.561. The summed E-state index contributed by atoms with van der Waals surface area (Å²) in [5.41, 5.74) is 24.2. The van der Waals surface area contributed by atoms with Crippen LogP contribution in [0.25, 0.3) is 22.1 Å². The van der Waals surface area contributed by atoms with E-state index >= 15 is 0 Å². The van der Waals surface area contributed by atoms with Gasteiger partial charge in [-0.1, -0.05) is 129 Å². The van der Waals surface area contributed by atoms with Crippen molar-refractivity contribution in [3.05, 3.63) is 195 Å². The van der Waals surface area contributed by atoms with Crippen LogP contribution in [-0.2, 0) is 17.4 Å². The average Bonchev–Trinajstić information content (AvgIpc) is 3.73. The minimum absolute atomic E-state index is 0.148. The number of nitrogens with one attached hydrogen (secondary N) is 1. The Morgan fingerprint density at radius 3 is 2.30 bits per heavy atom. The number of hydrogen-bond acceptors (Lipinski definition) is 4.